The molecule has 0 spiro atoms. The maximum absolute atomic E-state index is 12.9. The van der Waals surface area contributed by atoms with E-state index in [0.717, 1.165) is 35.6 Å². The molecule has 2 heterocycles. The lowest BCUT2D eigenvalue weighted by atomic mass is 10.1. The minimum absolute atomic E-state index is 0.0610. The number of hydrogen-bond donors (Lipinski definition) is 0. The number of amides is 1. The summed E-state index contributed by atoms with van der Waals surface area (Å²) in [7, 11) is 0. The number of piperazine rings is 1. The Morgan fingerprint density at radius 2 is 1.50 bits per heavy atom. The van der Waals surface area contributed by atoms with Gasteiger partial charge in [-0.3, -0.25) is 9.59 Å². The molecule has 7 heteroatoms. The SMILES string of the molecule is CC(=O)c1ccc(N2CCN(C(=O)c3cn(-c4cc(C)cc(C)c4)nn3)CC2)cc1. The standard InChI is InChI=1S/C23H25N5O2/c1-16-12-17(2)14-21(13-16)28-15-22(24-25-28)23(30)27-10-8-26(9-11-27)20-6-4-19(5-7-20)18(3)29/h4-7,12-15H,8-11H2,1-3H3. The van der Waals surface area contributed by atoms with Gasteiger partial charge in [0.1, 0.15) is 0 Å². The van der Waals surface area contributed by atoms with Crippen molar-refractivity contribution in [2.75, 3.05) is 31.1 Å². The van der Waals surface area contributed by atoms with Crippen LogP contribution in [0.1, 0.15) is 38.9 Å². The highest BCUT2D eigenvalue weighted by atomic mass is 16.2. The number of benzene rings is 2. The Hall–Kier alpha value is -3.48. The van der Waals surface area contributed by atoms with Crippen molar-refractivity contribution in [1.29, 1.82) is 0 Å². The predicted molar refractivity (Wildman–Crippen MR) is 115 cm³/mol. The molecule has 0 radical (unpaired) electrons. The van der Waals surface area contributed by atoms with Gasteiger partial charge in [0.2, 0.25) is 0 Å². The number of aryl methyl sites for hydroxylation is 2. The van der Waals surface area contributed by atoms with E-state index < -0.39 is 0 Å². The Balaban J connectivity index is 1.41. The van der Waals surface area contributed by atoms with Gasteiger partial charge in [-0.25, -0.2) is 4.68 Å². The average molecular weight is 403 g/mol. The maximum Gasteiger partial charge on any atom is 0.276 e. The molecule has 1 aliphatic rings. The Bertz CT molecular complexity index is 1060. The smallest absolute Gasteiger partial charge is 0.276 e. The van der Waals surface area contributed by atoms with Crippen LogP contribution in [0.4, 0.5) is 5.69 Å². The molecule has 0 aliphatic carbocycles. The Labute approximate surface area is 175 Å². The second-order valence-corrected chi connectivity index (χ2v) is 7.78. The molecule has 7 nitrogen and oxygen atoms in total. The van der Waals surface area contributed by atoms with E-state index in [1.54, 1.807) is 17.8 Å². The van der Waals surface area contributed by atoms with E-state index in [9.17, 15) is 9.59 Å². The maximum atomic E-state index is 12.9. The van der Waals surface area contributed by atoms with Gasteiger partial charge in [-0.05, 0) is 68.3 Å². The van der Waals surface area contributed by atoms with Crippen LogP contribution in [0.2, 0.25) is 0 Å². The molecule has 0 bridgehead atoms. The Kier molecular flexibility index (Phi) is 5.35. The predicted octanol–water partition coefficient (Wildman–Crippen LogP) is 3.05. The molecule has 3 aromatic rings. The number of rotatable bonds is 4. The highest BCUT2D eigenvalue weighted by Crippen LogP contribution is 2.19. The molecule has 1 saturated heterocycles. The van der Waals surface area contributed by atoms with Crippen molar-refractivity contribution < 1.29 is 9.59 Å². The summed E-state index contributed by atoms with van der Waals surface area (Å²) in [6, 6.07) is 13.8. The molecule has 0 saturated carbocycles. The van der Waals surface area contributed by atoms with Gasteiger partial charge < -0.3 is 9.80 Å². The average Bonchev–Trinajstić information content (AvgIpc) is 3.23. The second-order valence-electron chi connectivity index (χ2n) is 7.78. The highest BCUT2D eigenvalue weighted by molar-refractivity contribution is 5.94. The van der Waals surface area contributed by atoms with Crippen LogP contribution in [0.15, 0.2) is 48.7 Å². The van der Waals surface area contributed by atoms with Gasteiger partial charge >= 0.3 is 0 Å². The molecule has 1 amide bonds. The van der Waals surface area contributed by atoms with E-state index in [4.69, 9.17) is 0 Å². The summed E-state index contributed by atoms with van der Waals surface area (Å²) in [6.07, 6.45) is 1.70. The van der Waals surface area contributed by atoms with Gasteiger partial charge in [0.15, 0.2) is 11.5 Å². The van der Waals surface area contributed by atoms with Crippen LogP contribution < -0.4 is 4.90 Å². The van der Waals surface area contributed by atoms with E-state index >= 15 is 0 Å². The minimum Gasteiger partial charge on any atom is -0.368 e. The molecule has 154 valence electrons. The zero-order valence-corrected chi connectivity index (χ0v) is 17.5. The summed E-state index contributed by atoms with van der Waals surface area (Å²) >= 11 is 0. The van der Waals surface area contributed by atoms with Gasteiger partial charge in [-0.15, -0.1) is 5.10 Å². The number of nitrogens with zero attached hydrogens (tertiary/aromatic N) is 5. The van der Waals surface area contributed by atoms with Crippen molar-refractivity contribution in [3.63, 3.8) is 0 Å². The topological polar surface area (TPSA) is 71.3 Å². The highest BCUT2D eigenvalue weighted by Gasteiger charge is 2.24. The Morgan fingerprint density at radius 1 is 0.867 bits per heavy atom. The van der Waals surface area contributed by atoms with Gasteiger partial charge in [-0.1, -0.05) is 11.3 Å². The molecular formula is C23H25N5O2. The van der Waals surface area contributed by atoms with Crippen LogP contribution in [-0.2, 0) is 0 Å². The van der Waals surface area contributed by atoms with E-state index in [1.165, 1.54) is 0 Å². The summed E-state index contributed by atoms with van der Waals surface area (Å²) in [6.45, 7) is 8.33. The van der Waals surface area contributed by atoms with Crippen molar-refractivity contribution in [2.45, 2.75) is 20.8 Å². The summed E-state index contributed by atoms with van der Waals surface area (Å²) in [4.78, 5) is 28.4. The molecule has 0 unspecified atom stereocenters. The van der Waals surface area contributed by atoms with Crippen LogP contribution in [0.3, 0.4) is 0 Å². The third-order valence-electron chi connectivity index (χ3n) is 5.39. The summed E-state index contributed by atoms with van der Waals surface area (Å²) < 4.78 is 1.65. The minimum atomic E-state index is -0.0998. The molecule has 4 rings (SSSR count). The first kappa shape index (κ1) is 19.8. The first-order valence-electron chi connectivity index (χ1n) is 10.1. The van der Waals surface area contributed by atoms with Crippen LogP contribution >= 0.6 is 0 Å². The van der Waals surface area contributed by atoms with E-state index in [0.29, 0.717) is 24.3 Å². The lowest BCUT2D eigenvalue weighted by Crippen LogP contribution is -2.48. The third-order valence-corrected chi connectivity index (χ3v) is 5.39. The van der Waals surface area contributed by atoms with E-state index in [2.05, 4.69) is 21.3 Å². The number of aromatic nitrogens is 3. The number of Topliss-reactive ketones (excluding diaryl/α,β-unsaturated/α-hetero) is 1. The van der Waals surface area contributed by atoms with Gasteiger partial charge in [-0.2, -0.15) is 0 Å². The largest absolute Gasteiger partial charge is 0.368 e. The number of carbonyl (C=O) groups excluding carboxylic acids is 2. The van der Waals surface area contributed by atoms with Crippen LogP contribution in [0.5, 0.6) is 0 Å². The molecule has 0 atom stereocenters. The summed E-state index contributed by atoms with van der Waals surface area (Å²) in [5, 5.41) is 8.26. The molecular weight excluding hydrogens is 378 g/mol. The van der Waals surface area contributed by atoms with Crippen molar-refractivity contribution in [3.05, 3.63) is 71.0 Å². The summed E-state index contributed by atoms with van der Waals surface area (Å²) in [5.41, 5.74) is 5.31. The Morgan fingerprint density at radius 3 is 2.10 bits per heavy atom. The third kappa shape index (κ3) is 4.10. The summed E-state index contributed by atoms with van der Waals surface area (Å²) in [5.74, 6) is -0.0389. The molecule has 0 N–H and O–H groups in total. The molecule has 30 heavy (non-hydrogen) atoms. The fourth-order valence-corrected chi connectivity index (χ4v) is 3.81. The zero-order chi connectivity index (χ0) is 21.3. The first-order chi connectivity index (χ1) is 14.4. The molecule has 1 fully saturated rings. The number of hydrogen-bond acceptors (Lipinski definition) is 5. The normalized spacial score (nSPS) is 14.1. The van der Waals surface area contributed by atoms with Gasteiger partial charge in [0.25, 0.3) is 5.91 Å². The fraction of sp³-hybridized carbons (Fsp3) is 0.304. The quantitative estimate of drug-likeness (QED) is 0.626. The van der Waals surface area contributed by atoms with Gasteiger partial charge in [0, 0.05) is 37.4 Å². The van der Waals surface area contributed by atoms with Crippen LogP contribution in [0, 0.1) is 13.8 Å². The molecule has 2 aromatic carbocycles. The molecule has 1 aromatic heterocycles. The van der Waals surface area contributed by atoms with Crippen molar-refractivity contribution in [3.8, 4) is 5.69 Å². The van der Waals surface area contributed by atoms with Crippen LogP contribution in [0.25, 0.3) is 5.69 Å². The molecule has 1 aliphatic heterocycles. The number of ketones is 1. The van der Waals surface area contributed by atoms with Crippen molar-refractivity contribution in [1.82, 2.24) is 19.9 Å². The first-order valence-corrected chi connectivity index (χ1v) is 10.1. The number of carbonyl (C=O) groups is 2. The second kappa shape index (κ2) is 8.10. The van der Waals surface area contributed by atoms with Crippen molar-refractivity contribution in [2.24, 2.45) is 0 Å². The van der Waals surface area contributed by atoms with E-state index in [1.807, 2.05) is 55.1 Å². The number of anilines is 1. The van der Waals surface area contributed by atoms with Crippen LogP contribution in [-0.4, -0.2) is 57.8 Å². The van der Waals surface area contributed by atoms with E-state index in [-0.39, 0.29) is 11.7 Å². The van der Waals surface area contributed by atoms with Crippen molar-refractivity contribution >= 4 is 17.4 Å². The monoisotopic (exact) mass is 403 g/mol. The lowest BCUT2D eigenvalue weighted by Gasteiger charge is -2.35. The van der Waals surface area contributed by atoms with Gasteiger partial charge in [0.05, 0.1) is 11.9 Å². The zero-order valence-electron chi connectivity index (χ0n) is 17.5. The lowest BCUT2D eigenvalue weighted by molar-refractivity contribution is 0.0740. The fourth-order valence-electron chi connectivity index (χ4n) is 3.81.